The Labute approximate surface area is 107 Å². The zero-order chi connectivity index (χ0) is 12.3. The van der Waals surface area contributed by atoms with Gasteiger partial charge < -0.3 is 4.74 Å². The first kappa shape index (κ1) is 11.8. The number of aromatic nitrogens is 3. The van der Waals surface area contributed by atoms with E-state index in [9.17, 15) is 4.79 Å². The monoisotopic (exact) mass is 295 g/mol. The van der Waals surface area contributed by atoms with Gasteiger partial charge in [0.25, 0.3) is 0 Å². The van der Waals surface area contributed by atoms with E-state index in [1.807, 2.05) is 12.1 Å². The number of pyridine rings is 1. The van der Waals surface area contributed by atoms with Gasteiger partial charge in [0.2, 0.25) is 0 Å². The van der Waals surface area contributed by atoms with E-state index in [0.29, 0.717) is 18.0 Å². The van der Waals surface area contributed by atoms with Crippen LogP contribution in [0, 0.1) is 0 Å². The van der Waals surface area contributed by atoms with Gasteiger partial charge in [-0.25, -0.2) is 14.5 Å². The summed E-state index contributed by atoms with van der Waals surface area (Å²) in [5.41, 5.74) is 0.407. The topological polar surface area (TPSA) is 57.0 Å². The number of nitrogens with zero attached hydrogens (tertiary/aromatic N) is 3. The molecule has 2 aromatic heterocycles. The van der Waals surface area contributed by atoms with Gasteiger partial charge in [-0.3, -0.25) is 0 Å². The molecule has 2 aromatic rings. The summed E-state index contributed by atoms with van der Waals surface area (Å²) in [6, 6.07) is 3.66. The van der Waals surface area contributed by atoms with Crippen LogP contribution in [-0.2, 0) is 4.74 Å². The molecule has 0 aliphatic carbocycles. The molecule has 0 aliphatic heterocycles. The molecule has 0 fully saturated rings. The van der Waals surface area contributed by atoms with Crippen molar-refractivity contribution in [3.63, 3.8) is 0 Å². The number of hydrogen-bond acceptors (Lipinski definition) is 4. The first-order valence-electron chi connectivity index (χ1n) is 5.05. The molecule has 0 radical (unpaired) electrons. The van der Waals surface area contributed by atoms with Crippen LogP contribution in [0.25, 0.3) is 5.82 Å². The van der Waals surface area contributed by atoms with Crippen molar-refractivity contribution in [3.05, 3.63) is 40.8 Å². The zero-order valence-electron chi connectivity index (χ0n) is 9.13. The largest absolute Gasteiger partial charge is 0.462 e. The molecule has 0 atom stereocenters. The Morgan fingerprint density at radius 1 is 1.59 bits per heavy atom. The second kappa shape index (κ2) is 5.09. The average molecular weight is 296 g/mol. The van der Waals surface area contributed by atoms with Crippen molar-refractivity contribution in [2.75, 3.05) is 6.61 Å². The van der Waals surface area contributed by atoms with Gasteiger partial charge in [0.1, 0.15) is 0 Å². The van der Waals surface area contributed by atoms with Crippen LogP contribution in [-0.4, -0.2) is 27.3 Å². The van der Waals surface area contributed by atoms with Gasteiger partial charge in [-0.15, -0.1) is 0 Å². The van der Waals surface area contributed by atoms with E-state index in [4.69, 9.17) is 4.74 Å². The average Bonchev–Trinajstić information content (AvgIpc) is 2.79. The Morgan fingerprint density at radius 3 is 3.12 bits per heavy atom. The number of ether oxygens (including phenoxy) is 1. The van der Waals surface area contributed by atoms with E-state index in [0.717, 1.165) is 4.47 Å². The van der Waals surface area contributed by atoms with Crippen molar-refractivity contribution in [2.45, 2.75) is 6.92 Å². The predicted molar refractivity (Wildman–Crippen MR) is 65.0 cm³/mol. The van der Waals surface area contributed by atoms with E-state index in [-0.39, 0.29) is 5.97 Å². The molecular formula is C11H10BrN3O2. The van der Waals surface area contributed by atoms with Crippen molar-refractivity contribution in [1.82, 2.24) is 14.8 Å². The number of hydrogen-bond donors (Lipinski definition) is 0. The van der Waals surface area contributed by atoms with Gasteiger partial charge in [-0.1, -0.05) is 0 Å². The van der Waals surface area contributed by atoms with Gasteiger partial charge in [-0.2, -0.15) is 5.10 Å². The molecule has 0 unspecified atom stereocenters. The fraction of sp³-hybridized carbons (Fsp3) is 0.182. The number of rotatable bonds is 3. The molecular weight excluding hydrogens is 286 g/mol. The number of halogens is 1. The minimum absolute atomic E-state index is 0.345. The minimum atomic E-state index is -0.384. The summed E-state index contributed by atoms with van der Waals surface area (Å²) in [7, 11) is 0. The molecule has 0 spiro atoms. The van der Waals surface area contributed by atoms with E-state index in [2.05, 4.69) is 26.0 Å². The summed E-state index contributed by atoms with van der Waals surface area (Å²) < 4.78 is 7.21. The summed E-state index contributed by atoms with van der Waals surface area (Å²) in [5, 5.41) is 4.07. The lowest BCUT2D eigenvalue weighted by molar-refractivity contribution is 0.0526. The summed E-state index contributed by atoms with van der Waals surface area (Å²) in [6.07, 6.45) is 4.70. The number of esters is 1. The smallest absolute Gasteiger partial charge is 0.341 e. The van der Waals surface area contributed by atoms with Crippen LogP contribution >= 0.6 is 15.9 Å². The van der Waals surface area contributed by atoms with E-state index in [1.54, 1.807) is 19.3 Å². The van der Waals surface area contributed by atoms with Gasteiger partial charge in [0.05, 0.1) is 22.8 Å². The van der Waals surface area contributed by atoms with Gasteiger partial charge in [0, 0.05) is 12.4 Å². The Morgan fingerprint density at radius 2 is 2.41 bits per heavy atom. The Kier molecular flexibility index (Phi) is 3.53. The van der Waals surface area contributed by atoms with Crippen LogP contribution in [0.5, 0.6) is 0 Å². The second-order valence-corrected chi connectivity index (χ2v) is 4.06. The molecule has 0 saturated heterocycles. The highest BCUT2D eigenvalue weighted by Crippen LogP contribution is 2.17. The molecule has 5 nitrogen and oxygen atoms in total. The maximum atomic E-state index is 11.5. The highest BCUT2D eigenvalue weighted by atomic mass is 79.9. The molecule has 0 saturated carbocycles. The van der Waals surface area contributed by atoms with Crippen molar-refractivity contribution in [2.24, 2.45) is 0 Å². The molecule has 2 rings (SSSR count). The van der Waals surface area contributed by atoms with E-state index < -0.39 is 0 Å². The zero-order valence-corrected chi connectivity index (χ0v) is 10.7. The van der Waals surface area contributed by atoms with Crippen LogP contribution in [0.2, 0.25) is 0 Å². The third kappa shape index (κ3) is 2.52. The molecule has 6 heteroatoms. The maximum Gasteiger partial charge on any atom is 0.341 e. The van der Waals surface area contributed by atoms with Crippen molar-refractivity contribution >= 4 is 21.9 Å². The molecule has 88 valence electrons. The first-order valence-corrected chi connectivity index (χ1v) is 5.84. The van der Waals surface area contributed by atoms with E-state index in [1.165, 1.54) is 10.9 Å². The first-order chi connectivity index (χ1) is 8.22. The van der Waals surface area contributed by atoms with Gasteiger partial charge in [-0.05, 0) is 35.0 Å². The molecule has 0 amide bonds. The quantitative estimate of drug-likeness (QED) is 0.815. The van der Waals surface area contributed by atoms with Crippen molar-refractivity contribution in [1.29, 1.82) is 0 Å². The van der Waals surface area contributed by atoms with Gasteiger partial charge >= 0.3 is 5.97 Å². The summed E-state index contributed by atoms with van der Waals surface area (Å²) in [5.74, 6) is 0.244. The van der Waals surface area contributed by atoms with Gasteiger partial charge in [0.15, 0.2) is 5.82 Å². The Balaban J connectivity index is 2.30. The fourth-order valence-corrected chi connectivity index (χ4v) is 1.74. The normalized spacial score (nSPS) is 10.2. The lowest BCUT2D eigenvalue weighted by Crippen LogP contribution is -2.03. The number of carbonyl (C=O) groups is 1. The van der Waals surface area contributed by atoms with Crippen molar-refractivity contribution < 1.29 is 9.53 Å². The Bertz CT molecular complexity index is 539. The SMILES string of the molecule is CCOC(=O)c1cnn(-c2ncccc2Br)c1. The predicted octanol–water partition coefficient (Wildman–Crippen LogP) is 2.21. The maximum absolute atomic E-state index is 11.5. The van der Waals surface area contributed by atoms with E-state index >= 15 is 0 Å². The third-order valence-electron chi connectivity index (χ3n) is 2.05. The molecule has 0 N–H and O–H groups in total. The lowest BCUT2D eigenvalue weighted by atomic mass is 10.4. The summed E-state index contributed by atoms with van der Waals surface area (Å²) >= 11 is 3.37. The highest BCUT2D eigenvalue weighted by Gasteiger charge is 2.11. The Hall–Kier alpha value is -1.69. The lowest BCUT2D eigenvalue weighted by Gasteiger charge is -2.01. The summed E-state index contributed by atoms with van der Waals surface area (Å²) in [4.78, 5) is 15.6. The summed E-state index contributed by atoms with van der Waals surface area (Å²) in [6.45, 7) is 2.11. The molecule has 2 heterocycles. The number of carbonyl (C=O) groups excluding carboxylic acids is 1. The standard InChI is InChI=1S/C11H10BrN3O2/c1-2-17-11(16)8-6-14-15(7-8)10-9(12)4-3-5-13-10/h3-7H,2H2,1H3. The van der Waals surface area contributed by atoms with Crippen LogP contribution in [0.3, 0.4) is 0 Å². The van der Waals surface area contributed by atoms with Crippen LogP contribution in [0.1, 0.15) is 17.3 Å². The second-order valence-electron chi connectivity index (χ2n) is 3.20. The fourth-order valence-electron chi connectivity index (χ4n) is 1.30. The van der Waals surface area contributed by atoms with Crippen LogP contribution in [0.4, 0.5) is 0 Å². The van der Waals surface area contributed by atoms with Crippen molar-refractivity contribution in [3.8, 4) is 5.82 Å². The third-order valence-corrected chi connectivity index (χ3v) is 2.67. The highest BCUT2D eigenvalue weighted by molar-refractivity contribution is 9.10. The molecule has 0 aromatic carbocycles. The molecule has 0 bridgehead atoms. The molecule has 0 aliphatic rings. The molecule has 17 heavy (non-hydrogen) atoms. The minimum Gasteiger partial charge on any atom is -0.462 e. The van der Waals surface area contributed by atoms with Crippen LogP contribution < -0.4 is 0 Å². The van der Waals surface area contributed by atoms with Crippen LogP contribution in [0.15, 0.2) is 35.2 Å².